The molecule has 0 atom stereocenters. The van der Waals surface area contributed by atoms with Crippen molar-refractivity contribution in [2.24, 2.45) is 0 Å². The molecule has 0 radical (unpaired) electrons. The molecule has 0 saturated heterocycles. The van der Waals surface area contributed by atoms with Crippen LogP contribution in [0.25, 0.3) is 0 Å². The summed E-state index contributed by atoms with van der Waals surface area (Å²) in [6, 6.07) is 13.1. The minimum atomic E-state index is 0.575. The van der Waals surface area contributed by atoms with Crippen LogP contribution in [0.1, 0.15) is 24.3 Å². The number of pyridine rings is 1. The predicted molar refractivity (Wildman–Crippen MR) is 77.8 cm³/mol. The van der Waals surface area contributed by atoms with Gasteiger partial charge in [0.2, 0.25) is 0 Å². The summed E-state index contributed by atoms with van der Waals surface area (Å²) in [5, 5.41) is 3.52. The molecule has 1 aliphatic carbocycles. The quantitative estimate of drug-likeness (QED) is 0.919. The van der Waals surface area contributed by atoms with E-state index in [1.54, 1.807) is 6.20 Å². The zero-order valence-electron chi connectivity index (χ0n) is 10.0. The van der Waals surface area contributed by atoms with E-state index in [2.05, 4.69) is 56.6 Å². The smallest absolute Gasteiger partial charge is 0.0528 e. The van der Waals surface area contributed by atoms with Gasteiger partial charge in [-0.15, -0.1) is 0 Å². The summed E-state index contributed by atoms with van der Waals surface area (Å²) in [6.45, 7) is 0. The minimum Gasteiger partial charge on any atom is -0.381 e. The van der Waals surface area contributed by atoms with Crippen molar-refractivity contribution in [2.45, 2.75) is 24.8 Å². The van der Waals surface area contributed by atoms with Crippen LogP contribution in [0, 0.1) is 0 Å². The zero-order chi connectivity index (χ0) is 12.4. The molecule has 0 unspecified atom stereocenters. The lowest BCUT2D eigenvalue weighted by atomic mass is 9.76. The normalized spacial score (nSPS) is 22.3. The molecule has 1 aliphatic rings. The molecule has 0 aliphatic heterocycles. The molecule has 3 heteroatoms. The van der Waals surface area contributed by atoms with Crippen LogP contribution in [0.4, 0.5) is 5.69 Å². The van der Waals surface area contributed by atoms with Crippen LogP contribution in [0.5, 0.6) is 0 Å². The van der Waals surface area contributed by atoms with Crippen LogP contribution in [0.15, 0.2) is 53.3 Å². The standard InChI is InChI=1S/C15H15BrN2/c16-15-6-2-1-5-14(15)11-8-13(9-11)18-12-4-3-7-17-10-12/h1-7,10-11,13,18H,8-9H2. The number of nitrogens with zero attached hydrogens (tertiary/aromatic N) is 1. The maximum atomic E-state index is 4.12. The average molecular weight is 303 g/mol. The third kappa shape index (κ3) is 2.41. The van der Waals surface area contributed by atoms with Crippen LogP contribution in [0.3, 0.4) is 0 Å². The Morgan fingerprint density at radius 2 is 1.94 bits per heavy atom. The van der Waals surface area contributed by atoms with Crippen molar-refractivity contribution in [3.05, 3.63) is 58.8 Å². The molecule has 18 heavy (non-hydrogen) atoms. The van der Waals surface area contributed by atoms with Gasteiger partial charge in [0.15, 0.2) is 0 Å². The van der Waals surface area contributed by atoms with E-state index in [-0.39, 0.29) is 0 Å². The van der Waals surface area contributed by atoms with E-state index in [1.165, 1.54) is 22.9 Å². The highest BCUT2D eigenvalue weighted by molar-refractivity contribution is 9.10. The van der Waals surface area contributed by atoms with Crippen molar-refractivity contribution in [3.8, 4) is 0 Å². The van der Waals surface area contributed by atoms with Gasteiger partial charge in [-0.25, -0.2) is 0 Å². The molecule has 1 aromatic carbocycles. The molecular weight excluding hydrogens is 288 g/mol. The summed E-state index contributed by atoms with van der Waals surface area (Å²) >= 11 is 3.63. The summed E-state index contributed by atoms with van der Waals surface area (Å²) in [5.41, 5.74) is 2.55. The van der Waals surface area contributed by atoms with Gasteiger partial charge in [-0.1, -0.05) is 34.1 Å². The molecule has 3 rings (SSSR count). The number of nitrogens with one attached hydrogen (secondary N) is 1. The Labute approximate surface area is 116 Å². The lowest BCUT2D eigenvalue weighted by Gasteiger charge is -2.37. The van der Waals surface area contributed by atoms with Gasteiger partial charge in [0, 0.05) is 22.9 Å². The van der Waals surface area contributed by atoms with Gasteiger partial charge in [-0.05, 0) is 42.5 Å². The first-order valence-electron chi connectivity index (χ1n) is 6.24. The number of benzene rings is 1. The van der Waals surface area contributed by atoms with Crippen molar-refractivity contribution < 1.29 is 0 Å². The van der Waals surface area contributed by atoms with Crippen LogP contribution < -0.4 is 5.32 Å². The van der Waals surface area contributed by atoms with Gasteiger partial charge < -0.3 is 5.32 Å². The van der Waals surface area contributed by atoms with Crippen molar-refractivity contribution in [3.63, 3.8) is 0 Å². The van der Waals surface area contributed by atoms with Gasteiger partial charge in [0.05, 0.1) is 5.69 Å². The highest BCUT2D eigenvalue weighted by atomic mass is 79.9. The highest BCUT2D eigenvalue weighted by Crippen LogP contribution is 2.41. The van der Waals surface area contributed by atoms with E-state index < -0.39 is 0 Å². The molecule has 0 spiro atoms. The second kappa shape index (κ2) is 5.11. The van der Waals surface area contributed by atoms with Crippen LogP contribution in [-0.2, 0) is 0 Å². The van der Waals surface area contributed by atoms with E-state index in [1.807, 2.05) is 12.3 Å². The largest absolute Gasteiger partial charge is 0.381 e. The Bertz CT molecular complexity index is 521. The third-order valence-corrected chi connectivity index (χ3v) is 4.24. The predicted octanol–water partition coefficient (Wildman–Crippen LogP) is 4.20. The fourth-order valence-corrected chi connectivity index (χ4v) is 3.09. The molecule has 2 nitrogen and oxygen atoms in total. The molecule has 92 valence electrons. The van der Waals surface area contributed by atoms with Crippen LogP contribution >= 0.6 is 15.9 Å². The van der Waals surface area contributed by atoms with Gasteiger partial charge in [0.25, 0.3) is 0 Å². The number of hydrogen-bond acceptors (Lipinski definition) is 2. The lowest BCUT2D eigenvalue weighted by Crippen LogP contribution is -2.34. The lowest BCUT2D eigenvalue weighted by molar-refractivity contribution is 0.373. The van der Waals surface area contributed by atoms with E-state index >= 15 is 0 Å². The maximum absolute atomic E-state index is 4.12. The molecule has 1 N–H and O–H groups in total. The first-order valence-corrected chi connectivity index (χ1v) is 7.03. The molecule has 0 bridgehead atoms. The van der Waals surface area contributed by atoms with Gasteiger partial charge in [-0.3, -0.25) is 4.98 Å². The highest BCUT2D eigenvalue weighted by Gasteiger charge is 2.31. The number of aromatic nitrogens is 1. The maximum Gasteiger partial charge on any atom is 0.0528 e. The van der Waals surface area contributed by atoms with E-state index in [4.69, 9.17) is 0 Å². The summed E-state index contributed by atoms with van der Waals surface area (Å²) < 4.78 is 1.23. The Morgan fingerprint density at radius 3 is 2.67 bits per heavy atom. The van der Waals surface area contributed by atoms with Crippen LogP contribution in [-0.4, -0.2) is 11.0 Å². The molecular formula is C15H15BrN2. The topological polar surface area (TPSA) is 24.9 Å². The molecule has 1 aromatic heterocycles. The first kappa shape index (κ1) is 11.7. The summed E-state index contributed by atoms with van der Waals surface area (Å²) in [6.07, 6.45) is 6.07. The number of rotatable bonds is 3. The average Bonchev–Trinajstić information content (AvgIpc) is 2.36. The fraction of sp³-hybridized carbons (Fsp3) is 0.267. The van der Waals surface area contributed by atoms with Crippen molar-refractivity contribution in [1.82, 2.24) is 4.98 Å². The molecule has 2 aromatic rings. The van der Waals surface area contributed by atoms with Crippen molar-refractivity contribution in [2.75, 3.05) is 5.32 Å². The van der Waals surface area contributed by atoms with E-state index in [0.717, 1.165) is 5.69 Å². The summed E-state index contributed by atoms with van der Waals surface area (Å²) in [5.74, 6) is 0.676. The summed E-state index contributed by atoms with van der Waals surface area (Å²) in [4.78, 5) is 4.12. The number of halogens is 1. The monoisotopic (exact) mass is 302 g/mol. The van der Waals surface area contributed by atoms with E-state index in [0.29, 0.717) is 12.0 Å². The van der Waals surface area contributed by atoms with Gasteiger partial charge in [-0.2, -0.15) is 0 Å². The number of anilines is 1. The Hall–Kier alpha value is -1.35. The minimum absolute atomic E-state index is 0.575. The van der Waals surface area contributed by atoms with Crippen molar-refractivity contribution in [1.29, 1.82) is 0 Å². The Morgan fingerprint density at radius 1 is 1.11 bits per heavy atom. The molecule has 1 saturated carbocycles. The van der Waals surface area contributed by atoms with Gasteiger partial charge >= 0.3 is 0 Å². The fourth-order valence-electron chi connectivity index (χ4n) is 2.48. The SMILES string of the molecule is Brc1ccccc1C1CC(Nc2cccnc2)C1. The first-order chi connectivity index (χ1) is 8.83. The zero-order valence-corrected chi connectivity index (χ0v) is 11.6. The third-order valence-electron chi connectivity index (χ3n) is 3.52. The van der Waals surface area contributed by atoms with Gasteiger partial charge in [0.1, 0.15) is 0 Å². The number of hydrogen-bond donors (Lipinski definition) is 1. The Kier molecular flexibility index (Phi) is 3.33. The van der Waals surface area contributed by atoms with E-state index in [9.17, 15) is 0 Å². The second-order valence-corrected chi connectivity index (χ2v) is 5.63. The van der Waals surface area contributed by atoms with Crippen molar-refractivity contribution >= 4 is 21.6 Å². The van der Waals surface area contributed by atoms with Crippen LogP contribution in [0.2, 0.25) is 0 Å². The Balaban J connectivity index is 1.59. The molecule has 1 heterocycles. The molecule has 1 fully saturated rings. The second-order valence-electron chi connectivity index (χ2n) is 4.77. The summed E-state index contributed by atoms with van der Waals surface area (Å²) in [7, 11) is 0. The molecule has 0 amide bonds.